The van der Waals surface area contributed by atoms with Gasteiger partial charge in [-0.15, -0.1) is 21.5 Å². The van der Waals surface area contributed by atoms with Crippen molar-refractivity contribution in [2.24, 2.45) is 0 Å². The molecule has 1 N–H and O–H groups in total. The molecular formula is C19H20N4O5S3. The fourth-order valence-electron chi connectivity index (χ4n) is 2.89. The number of hydrogen-bond donors (Lipinski definition) is 1. The molecule has 1 aromatic carbocycles. The first-order valence-corrected chi connectivity index (χ1v) is 12.8. The van der Waals surface area contributed by atoms with Gasteiger partial charge in [0.15, 0.2) is 0 Å². The predicted octanol–water partition coefficient (Wildman–Crippen LogP) is 2.23. The molecule has 0 unspecified atom stereocenters. The Balaban J connectivity index is 1.38. The van der Waals surface area contributed by atoms with E-state index >= 15 is 0 Å². The highest BCUT2D eigenvalue weighted by Crippen LogP contribution is 2.26. The number of amides is 1. The van der Waals surface area contributed by atoms with E-state index in [2.05, 4.69) is 15.5 Å². The molecule has 1 saturated heterocycles. The quantitative estimate of drug-likeness (QED) is 0.488. The minimum absolute atomic E-state index is 0.137. The molecule has 2 aromatic heterocycles. The zero-order valence-corrected chi connectivity index (χ0v) is 18.8. The van der Waals surface area contributed by atoms with Crippen molar-refractivity contribution < 1.29 is 22.4 Å². The van der Waals surface area contributed by atoms with Gasteiger partial charge in [0.25, 0.3) is 5.22 Å². The second-order valence-electron chi connectivity index (χ2n) is 6.56. The highest BCUT2D eigenvalue weighted by Gasteiger charge is 2.27. The number of benzene rings is 1. The number of ether oxygens (including phenoxy) is 1. The largest absolute Gasteiger partial charge is 0.411 e. The number of rotatable bonds is 8. The Morgan fingerprint density at radius 1 is 1.19 bits per heavy atom. The van der Waals surface area contributed by atoms with Crippen LogP contribution >= 0.6 is 23.1 Å². The average Bonchev–Trinajstić information content (AvgIpc) is 3.49. The van der Waals surface area contributed by atoms with E-state index in [-0.39, 0.29) is 27.7 Å². The normalized spacial score (nSPS) is 15.1. The molecule has 3 heterocycles. The number of thiophene rings is 1. The highest BCUT2D eigenvalue weighted by molar-refractivity contribution is 7.99. The van der Waals surface area contributed by atoms with E-state index in [1.54, 1.807) is 23.5 Å². The summed E-state index contributed by atoms with van der Waals surface area (Å²) in [4.78, 5) is 13.2. The summed E-state index contributed by atoms with van der Waals surface area (Å²) in [6, 6.07) is 10.3. The maximum atomic E-state index is 12.9. The summed E-state index contributed by atoms with van der Waals surface area (Å²) in [6.07, 6.45) is 0. The van der Waals surface area contributed by atoms with Crippen LogP contribution in [0, 0.1) is 0 Å². The molecule has 31 heavy (non-hydrogen) atoms. The molecule has 0 radical (unpaired) electrons. The first-order valence-electron chi connectivity index (χ1n) is 9.46. The molecule has 164 valence electrons. The lowest BCUT2D eigenvalue weighted by molar-refractivity contribution is -0.118. The lowest BCUT2D eigenvalue weighted by Gasteiger charge is -2.26. The summed E-state index contributed by atoms with van der Waals surface area (Å²) < 4.78 is 38.0. The average molecular weight is 481 g/mol. The van der Waals surface area contributed by atoms with Crippen LogP contribution in [0.2, 0.25) is 0 Å². The summed E-state index contributed by atoms with van der Waals surface area (Å²) in [5.74, 6) is 0.190. The Hall–Kier alpha value is -2.25. The van der Waals surface area contributed by atoms with Gasteiger partial charge in [-0.3, -0.25) is 4.79 Å². The monoisotopic (exact) mass is 480 g/mol. The van der Waals surface area contributed by atoms with Gasteiger partial charge in [-0.05, 0) is 29.6 Å². The fourth-order valence-corrected chi connectivity index (χ4v) is 5.58. The van der Waals surface area contributed by atoms with Crippen molar-refractivity contribution in [1.29, 1.82) is 0 Å². The first kappa shape index (κ1) is 22.0. The summed E-state index contributed by atoms with van der Waals surface area (Å²) in [7, 11) is -3.63. The van der Waals surface area contributed by atoms with Gasteiger partial charge in [0.2, 0.25) is 21.8 Å². The number of sulfonamides is 1. The zero-order valence-electron chi connectivity index (χ0n) is 16.4. The molecule has 0 bridgehead atoms. The van der Waals surface area contributed by atoms with Crippen molar-refractivity contribution in [3.8, 4) is 11.5 Å². The Morgan fingerprint density at radius 2 is 2.03 bits per heavy atom. The molecular weight excluding hydrogens is 460 g/mol. The second kappa shape index (κ2) is 9.92. The van der Waals surface area contributed by atoms with Gasteiger partial charge < -0.3 is 14.5 Å². The molecule has 1 amide bonds. The maximum absolute atomic E-state index is 12.9. The highest BCUT2D eigenvalue weighted by atomic mass is 32.2. The smallest absolute Gasteiger partial charge is 0.277 e. The molecule has 1 fully saturated rings. The number of morpholine rings is 1. The van der Waals surface area contributed by atoms with Gasteiger partial charge in [0.05, 0.1) is 30.4 Å². The Morgan fingerprint density at radius 3 is 2.81 bits per heavy atom. The van der Waals surface area contributed by atoms with E-state index in [9.17, 15) is 13.2 Å². The minimum atomic E-state index is -3.63. The number of aromatic nitrogens is 2. The molecule has 1 aliphatic rings. The minimum Gasteiger partial charge on any atom is -0.411 e. The van der Waals surface area contributed by atoms with Gasteiger partial charge >= 0.3 is 0 Å². The van der Waals surface area contributed by atoms with E-state index in [4.69, 9.17) is 9.15 Å². The fraction of sp³-hybridized carbons (Fsp3) is 0.316. The molecule has 0 atom stereocenters. The zero-order chi connectivity index (χ0) is 21.7. The third-order valence-electron chi connectivity index (χ3n) is 4.46. The van der Waals surface area contributed by atoms with E-state index < -0.39 is 10.0 Å². The first-order chi connectivity index (χ1) is 15.0. The Labute approximate surface area is 187 Å². The van der Waals surface area contributed by atoms with Crippen LogP contribution in [-0.2, 0) is 26.1 Å². The van der Waals surface area contributed by atoms with Gasteiger partial charge in [-0.1, -0.05) is 23.9 Å². The van der Waals surface area contributed by atoms with Crippen LogP contribution in [-0.4, -0.2) is 60.9 Å². The van der Waals surface area contributed by atoms with Gasteiger partial charge in [0, 0.05) is 23.5 Å². The molecule has 0 spiro atoms. The molecule has 9 nitrogen and oxygen atoms in total. The predicted molar refractivity (Wildman–Crippen MR) is 116 cm³/mol. The molecule has 4 rings (SSSR count). The van der Waals surface area contributed by atoms with Crippen molar-refractivity contribution in [1.82, 2.24) is 19.8 Å². The van der Waals surface area contributed by atoms with Crippen molar-refractivity contribution >= 4 is 39.0 Å². The van der Waals surface area contributed by atoms with Gasteiger partial charge in [-0.2, -0.15) is 4.31 Å². The van der Waals surface area contributed by atoms with Crippen molar-refractivity contribution in [2.75, 3.05) is 32.1 Å². The second-order valence-corrected chi connectivity index (χ2v) is 10.5. The van der Waals surface area contributed by atoms with Crippen LogP contribution in [0.3, 0.4) is 0 Å². The van der Waals surface area contributed by atoms with Crippen LogP contribution in [0.15, 0.2) is 56.3 Å². The summed E-state index contributed by atoms with van der Waals surface area (Å²) in [5.41, 5.74) is 0.496. The molecule has 12 heteroatoms. The number of thioether (sulfide) groups is 1. The molecule has 0 saturated carbocycles. The Kier molecular flexibility index (Phi) is 7.02. The summed E-state index contributed by atoms with van der Waals surface area (Å²) in [5, 5.41) is 13.0. The third kappa shape index (κ3) is 5.52. The summed E-state index contributed by atoms with van der Waals surface area (Å²) in [6.45, 7) is 1.88. The van der Waals surface area contributed by atoms with E-state index in [0.29, 0.717) is 38.4 Å². The van der Waals surface area contributed by atoms with Gasteiger partial charge in [0.1, 0.15) is 0 Å². The van der Waals surface area contributed by atoms with Crippen LogP contribution in [0.5, 0.6) is 0 Å². The van der Waals surface area contributed by atoms with Crippen molar-refractivity contribution in [2.45, 2.75) is 16.7 Å². The maximum Gasteiger partial charge on any atom is 0.277 e. The van der Waals surface area contributed by atoms with Crippen LogP contribution in [0.25, 0.3) is 11.5 Å². The lowest BCUT2D eigenvalue weighted by Crippen LogP contribution is -2.40. The summed E-state index contributed by atoms with van der Waals surface area (Å²) >= 11 is 2.70. The molecule has 3 aromatic rings. The number of carbonyl (C=O) groups excluding carboxylic acids is 1. The van der Waals surface area contributed by atoms with E-state index in [1.807, 2.05) is 17.5 Å². The van der Waals surface area contributed by atoms with Crippen molar-refractivity contribution in [3.05, 3.63) is 46.7 Å². The van der Waals surface area contributed by atoms with Crippen LogP contribution in [0.1, 0.15) is 4.88 Å². The van der Waals surface area contributed by atoms with E-state index in [1.165, 1.54) is 16.4 Å². The lowest BCUT2D eigenvalue weighted by atomic mass is 10.2. The topological polar surface area (TPSA) is 115 Å². The SMILES string of the molecule is O=C(CSc1nnc(-c2cccc(S(=O)(=O)N3CCOCC3)c2)o1)NCc1cccs1. The number of hydrogen-bond acceptors (Lipinski definition) is 9. The number of nitrogens with zero attached hydrogens (tertiary/aromatic N) is 3. The van der Waals surface area contributed by atoms with Crippen LogP contribution in [0.4, 0.5) is 0 Å². The Bertz CT molecular complexity index is 1130. The number of nitrogens with one attached hydrogen (secondary N) is 1. The third-order valence-corrected chi connectivity index (χ3v) is 8.05. The number of carbonyl (C=O) groups is 1. The standard InChI is InChI=1S/C19H20N4O5S3/c24-17(20-12-15-4-2-10-29-15)13-30-19-22-21-18(28-19)14-3-1-5-16(11-14)31(25,26)23-6-8-27-9-7-23/h1-5,10-11H,6-9,12-13H2,(H,20,24). The van der Waals surface area contributed by atoms with E-state index in [0.717, 1.165) is 16.6 Å². The van der Waals surface area contributed by atoms with Crippen LogP contribution < -0.4 is 5.32 Å². The van der Waals surface area contributed by atoms with Gasteiger partial charge in [-0.25, -0.2) is 8.42 Å². The van der Waals surface area contributed by atoms with Crippen molar-refractivity contribution in [3.63, 3.8) is 0 Å². The molecule has 1 aliphatic heterocycles. The molecule has 0 aliphatic carbocycles.